The Bertz CT molecular complexity index is 725. The molecule has 0 saturated heterocycles. The standard InChI is InChI=1S/C15H13N3O2S/c19-14(20)9-13(12-7-3-4-8-16-12)21-15-17-10-5-1-2-6-11(10)18-15/h1-8,13H,9H2,(H,17,18)(H,19,20). The first kappa shape index (κ1) is 13.6. The van der Waals surface area contributed by atoms with Crippen molar-refractivity contribution in [3.8, 4) is 0 Å². The second-order valence-electron chi connectivity index (χ2n) is 4.52. The van der Waals surface area contributed by atoms with Crippen molar-refractivity contribution in [2.45, 2.75) is 16.8 Å². The molecule has 2 aromatic heterocycles. The van der Waals surface area contributed by atoms with Gasteiger partial charge in [0, 0.05) is 6.20 Å². The lowest BCUT2D eigenvalue weighted by Crippen LogP contribution is -2.05. The number of aliphatic carboxylic acids is 1. The predicted octanol–water partition coefficient (Wildman–Crippen LogP) is 3.27. The number of nitrogens with zero attached hydrogens (tertiary/aromatic N) is 2. The average molecular weight is 299 g/mol. The van der Waals surface area contributed by atoms with E-state index in [1.807, 2.05) is 42.5 Å². The minimum absolute atomic E-state index is 0.00126. The van der Waals surface area contributed by atoms with Crippen molar-refractivity contribution >= 4 is 28.8 Å². The van der Waals surface area contributed by atoms with Gasteiger partial charge in [0.1, 0.15) is 0 Å². The highest BCUT2D eigenvalue weighted by Crippen LogP contribution is 2.36. The Morgan fingerprint density at radius 3 is 2.76 bits per heavy atom. The highest BCUT2D eigenvalue weighted by atomic mass is 32.2. The van der Waals surface area contributed by atoms with E-state index in [1.165, 1.54) is 11.8 Å². The van der Waals surface area contributed by atoms with Crippen LogP contribution in [0, 0.1) is 0 Å². The highest BCUT2D eigenvalue weighted by molar-refractivity contribution is 7.99. The van der Waals surface area contributed by atoms with Crippen molar-refractivity contribution in [1.29, 1.82) is 0 Å². The third-order valence-electron chi connectivity index (χ3n) is 3.00. The minimum Gasteiger partial charge on any atom is -0.481 e. The van der Waals surface area contributed by atoms with Crippen LogP contribution >= 0.6 is 11.8 Å². The number of benzene rings is 1. The normalized spacial score (nSPS) is 12.4. The molecule has 0 saturated carbocycles. The third-order valence-corrected chi connectivity index (χ3v) is 4.11. The van der Waals surface area contributed by atoms with E-state index < -0.39 is 5.97 Å². The van der Waals surface area contributed by atoms with Crippen molar-refractivity contribution in [3.05, 3.63) is 54.4 Å². The quantitative estimate of drug-likeness (QED) is 0.707. The summed E-state index contributed by atoms with van der Waals surface area (Å²) in [5.74, 6) is -0.853. The summed E-state index contributed by atoms with van der Waals surface area (Å²) in [6.07, 6.45) is 1.67. The Morgan fingerprint density at radius 2 is 2.05 bits per heavy atom. The van der Waals surface area contributed by atoms with Crippen LogP contribution in [0.15, 0.2) is 53.8 Å². The van der Waals surface area contributed by atoms with Crippen molar-refractivity contribution < 1.29 is 9.90 Å². The van der Waals surface area contributed by atoms with Crippen molar-refractivity contribution in [3.63, 3.8) is 0 Å². The van der Waals surface area contributed by atoms with Crippen LogP contribution < -0.4 is 0 Å². The van der Waals surface area contributed by atoms with Gasteiger partial charge in [0.15, 0.2) is 5.16 Å². The van der Waals surface area contributed by atoms with Gasteiger partial charge in [0.25, 0.3) is 0 Å². The van der Waals surface area contributed by atoms with E-state index in [1.54, 1.807) is 6.20 Å². The average Bonchev–Trinajstić information content (AvgIpc) is 2.89. The molecule has 0 fully saturated rings. The maximum atomic E-state index is 11.1. The molecule has 3 rings (SSSR count). The van der Waals surface area contributed by atoms with Gasteiger partial charge in [-0.1, -0.05) is 30.0 Å². The molecule has 1 atom stereocenters. The van der Waals surface area contributed by atoms with Gasteiger partial charge in [-0.15, -0.1) is 0 Å². The van der Waals surface area contributed by atoms with E-state index in [-0.39, 0.29) is 11.7 Å². The molecule has 0 amide bonds. The fourth-order valence-corrected chi connectivity index (χ4v) is 3.13. The number of pyridine rings is 1. The predicted molar refractivity (Wildman–Crippen MR) is 81.2 cm³/mol. The van der Waals surface area contributed by atoms with Gasteiger partial charge in [0.2, 0.25) is 0 Å². The Kier molecular flexibility index (Phi) is 3.87. The van der Waals surface area contributed by atoms with E-state index in [4.69, 9.17) is 5.11 Å². The van der Waals surface area contributed by atoms with E-state index in [9.17, 15) is 4.79 Å². The van der Waals surface area contributed by atoms with Gasteiger partial charge in [-0.05, 0) is 24.3 Å². The van der Waals surface area contributed by atoms with Crippen molar-refractivity contribution in [2.75, 3.05) is 0 Å². The summed E-state index contributed by atoms with van der Waals surface area (Å²) in [6, 6.07) is 13.2. The molecule has 0 spiro atoms. The summed E-state index contributed by atoms with van der Waals surface area (Å²) in [7, 11) is 0. The number of rotatable bonds is 5. The minimum atomic E-state index is -0.853. The maximum Gasteiger partial charge on any atom is 0.304 e. The molecule has 1 aromatic carbocycles. The number of H-pyrrole nitrogens is 1. The number of carboxylic acid groups (broad SMARTS) is 1. The lowest BCUT2D eigenvalue weighted by molar-refractivity contribution is -0.137. The van der Waals surface area contributed by atoms with Crippen LogP contribution in [0.2, 0.25) is 0 Å². The highest BCUT2D eigenvalue weighted by Gasteiger charge is 2.20. The maximum absolute atomic E-state index is 11.1. The first-order valence-electron chi connectivity index (χ1n) is 6.46. The number of aromatic amines is 1. The number of nitrogens with one attached hydrogen (secondary N) is 1. The summed E-state index contributed by atoms with van der Waals surface area (Å²) < 4.78 is 0. The molecule has 3 aromatic rings. The zero-order valence-electron chi connectivity index (χ0n) is 11.1. The first-order valence-corrected chi connectivity index (χ1v) is 7.34. The molecule has 0 bridgehead atoms. The molecule has 0 radical (unpaired) electrons. The summed E-state index contributed by atoms with van der Waals surface area (Å²) in [6.45, 7) is 0. The SMILES string of the molecule is O=C(O)CC(Sc1nc2ccccc2[nH]1)c1ccccn1. The number of fused-ring (bicyclic) bond motifs is 1. The summed E-state index contributed by atoms with van der Waals surface area (Å²) in [4.78, 5) is 23.0. The number of para-hydroxylation sites is 2. The van der Waals surface area contributed by atoms with Crippen LogP contribution in [0.4, 0.5) is 0 Å². The number of carboxylic acids is 1. The Balaban J connectivity index is 1.88. The number of imidazole rings is 1. The monoisotopic (exact) mass is 299 g/mol. The fraction of sp³-hybridized carbons (Fsp3) is 0.133. The van der Waals surface area contributed by atoms with Crippen LogP contribution in [0.1, 0.15) is 17.4 Å². The van der Waals surface area contributed by atoms with Gasteiger partial charge in [-0.2, -0.15) is 0 Å². The molecular formula is C15H13N3O2S. The smallest absolute Gasteiger partial charge is 0.304 e. The largest absolute Gasteiger partial charge is 0.481 e. The van der Waals surface area contributed by atoms with Gasteiger partial charge >= 0.3 is 5.97 Å². The number of hydrogen-bond acceptors (Lipinski definition) is 4. The number of hydrogen-bond donors (Lipinski definition) is 2. The van der Waals surface area contributed by atoms with E-state index >= 15 is 0 Å². The second kappa shape index (κ2) is 5.97. The molecular weight excluding hydrogens is 286 g/mol. The first-order chi connectivity index (χ1) is 10.2. The van der Waals surface area contributed by atoms with Gasteiger partial charge in [0.05, 0.1) is 28.4 Å². The number of aromatic nitrogens is 3. The van der Waals surface area contributed by atoms with Crippen LogP contribution in [0.5, 0.6) is 0 Å². The molecule has 0 aliphatic carbocycles. The van der Waals surface area contributed by atoms with Crippen LogP contribution in [-0.4, -0.2) is 26.0 Å². The van der Waals surface area contributed by atoms with Gasteiger partial charge in [-0.3, -0.25) is 9.78 Å². The van der Waals surface area contributed by atoms with E-state index in [0.29, 0.717) is 5.16 Å². The van der Waals surface area contributed by atoms with E-state index in [0.717, 1.165) is 16.7 Å². The van der Waals surface area contributed by atoms with Crippen LogP contribution in [-0.2, 0) is 4.79 Å². The zero-order valence-corrected chi connectivity index (χ0v) is 11.9. The molecule has 5 nitrogen and oxygen atoms in total. The zero-order chi connectivity index (χ0) is 14.7. The molecule has 1 unspecified atom stereocenters. The molecule has 2 heterocycles. The lowest BCUT2D eigenvalue weighted by Gasteiger charge is -2.11. The Labute approximate surface area is 125 Å². The van der Waals surface area contributed by atoms with Crippen molar-refractivity contribution in [2.24, 2.45) is 0 Å². The summed E-state index contributed by atoms with van der Waals surface area (Å²) >= 11 is 1.39. The third kappa shape index (κ3) is 3.22. The van der Waals surface area contributed by atoms with Gasteiger partial charge in [-0.25, -0.2) is 4.98 Å². The lowest BCUT2D eigenvalue weighted by atomic mass is 10.2. The fourth-order valence-electron chi connectivity index (χ4n) is 2.05. The molecule has 0 aliphatic rings. The molecule has 0 aliphatic heterocycles. The molecule has 106 valence electrons. The topological polar surface area (TPSA) is 78.9 Å². The summed E-state index contributed by atoms with van der Waals surface area (Å²) in [5.41, 5.74) is 2.55. The summed E-state index contributed by atoms with van der Waals surface area (Å²) in [5, 5.41) is 9.52. The van der Waals surface area contributed by atoms with Crippen LogP contribution in [0.25, 0.3) is 11.0 Å². The molecule has 6 heteroatoms. The second-order valence-corrected chi connectivity index (χ2v) is 5.71. The Morgan fingerprint density at radius 1 is 1.24 bits per heavy atom. The molecule has 21 heavy (non-hydrogen) atoms. The van der Waals surface area contributed by atoms with E-state index in [2.05, 4.69) is 15.0 Å². The van der Waals surface area contributed by atoms with Crippen LogP contribution in [0.3, 0.4) is 0 Å². The van der Waals surface area contributed by atoms with Gasteiger partial charge < -0.3 is 10.1 Å². The number of carbonyl (C=O) groups is 1. The Hall–Kier alpha value is -2.34. The molecule has 2 N–H and O–H groups in total. The number of thioether (sulfide) groups is 1. The van der Waals surface area contributed by atoms with Crippen molar-refractivity contribution in [1.82, 2.24) is 15.0 Å².